The predicted molar refractivity (Wildman–Crippen MR) is 121 cm³/mol. The third-order valence-electron chi connectivity index (χ3n) is 5.66. The van der Waals surface area contributed by atoms with E-state index in [0.29, 0.717) is 5.92 Å². The van der Waals surface area contributed by atoms with E-state index in [0.717, 1.165) is 6.42 Å². The van der Waals surface area contributed by atoms with Crippen molar-refractivity contribution < 1.29 is 0 Å². The van der Waals surface area contributed by atoms with Gasteiger partial charge in [0.1, 0.15) is 0 Å². The van der Waals surface area contributed by atoms with Crippen LogP contribution in [0.15, 0.2) is 42.5 Å². The first-order chi connectivity index (χ1) is 12.2. The monoisotopic (exact) mass is 364 g/mol. The van der Waals surface area contributed by atoms with Gasteiger partial charge in [-0.3, -0.25) is 0 Å². The Kier molecular flexibility index (Phi) is 6.00. The Labute approximate surface area is 168 Å². The highest BCUT2D eigenvalue weighted by Crippen LogP contribution is 2.34. The summed E-state index contributed by atoms with van der Waals surface area (Å²) in [6, 6.07) is 16.4. The molecule has 2 aromatic carbocycles. The molecule has 0 radical (unpaired) electrons. The minimum atomic E-state index is 0.159. The SMILES string of the molecule is CC(Cc1ccc(C(C)(C)C)cc1C(C)(C)C)c1ccc(C(C)(C)C)cc1. The zero-order valence-corrected chi connectivity index (χ0v) is 19.3. The maximum absolute atomic E-state index is 2.45. The summed E-state index contributed by atoms with van der Waals surface area (Å²) in [7, 11) is 0. The molecule has 0 aromatic heterocycles. The topological polar surface area (TPSA) is 0 Å². The lowest BCUT2D eigenvalue weighted by atomic mass is 9.76. The normalized spacial score (nSPS) is 14.3. The number of hydrogen-bond acceptors (Lipinski definition) is 0. The van der Waals surface area contributed by atoms with Crippen LogP contribution in [0.3, 0.4) is 0 Å². The number of hydrogen-bond donors (Lipinski definition) is 0. The van der Waals surface area contributed by atoms with Crippen LogP contribution in [0, 0.1) is 0 Å². The zero-order chi connectivity index (χ0) is 20.6. The van der Waals surface area contributed by atoms with E-state index in [-0.39, 0.29) is 16.2 Å². The predicted octanol–water partition coefficient (Wildman–Crippen LogP) is 7.93. The molecule has 0 heteroatoms. The van der Waals surface area contributed by atoms with Gasteiger partial charge in [-0.25, -0.2) is 0 Å². The molecule has 148 valence electrons. The first kappa shape index (κ1) is 21.7. The van der Waals surface area contributed by atoms with Gasteiger partial charge in [-0.1, -0.05) is 112 Å². The van der Waals surface area contributed by atoms with Crippen LogP contribution in [0.25, 0.3) is 0 Å². The van der Waals surface area contributed by atoms with Crippen molar-refractivity contribution in [3.05, 3.63) is 70.3 Å². The van der Waals surface area contributed by atoms with Crippen molar-refractivity contribution in [3.8, 4) is 0 Å². The zero-order valence-electron chi connectivity index (χ0n) is 19.3. The van der Waals surface area contributed by atoms with Crippen molar-refractivity contribution in [2.24, 2.45) is 0 Å². The molecule has 0 saturated carbocycles. The van der Waals surface area contributed by atoms with E-state index in [4.69, 9.17) is 0 Å². The highest BCUT2D eigenvalue weighted by Gasteiger charge is 2.23. The van der Waals surface area contributed by atoms with Gasteiger partial charge in [-0.05, 0) is 56.4 Å². The van der Waals surface area contributed by atoms with Crippen molar-refractivity contribution in [1.82, 2.24) is 0 Å². The van der Waals surface area contributed by atoms with Crippen LogP contribution in [0.1, 0.15) is 103 Å². The van der Waals surface area contributed by atoms with Crippen LogP contribution in [0.4, 0.5) is 0 Å². The van der Waals surface area contributed by atoms with Crippen molar-refractivity contribution in [3.63, 3.8) is 0 Å². The number of benzene rings is 2. The molecule has 0 saturated heterocycles. The van der Waals surface area contributed by atoms with Gasteiger partial charge in [0, 0.05) is 0 Å². The van der Waals surface area contributed by atoms with E-state index < -0.39 is 0 Å². The first-order valence-electron chi connectivity index (χ1n) is 10.4. The molecule has 0 heterocycles. The minimum absolute atomic E-state index is 0.159. The molecule has 0 spiro atoms. The lowest BCUT2D eigenvalue weighted by molar-refractivity contribution is 0.560. The fourth-order valence-electron chi connectivity index (χ4n) is 3.68. The average Bonchev–Trinajstić information content (AvgIpc) is 2.52. The second kappa shape index (κ2) is 7.46. The molecule has 0 amide bonds. The summed E-state index contributed by atoms with van der Waals surface area (Å²) in [5.41, 5.74) is 7.81. The fourth-order valence-corrected chi connectivity index (χ4v) is 3.68. The van der Waals surface area contributed by atoms with Crippen LogP contribution in [-0.2, 0) is 22.7 Å². The molecule has 0 bridgehead atoms. The Hall–Kier alpha value is -1.56. The summed E-state index contributed by atoms with van der Waals surface area (Å²) >= 11 is 0. The summed E-state index contributed by atoms with van der Waals surface area (Å²) in [6.45, 7) is 23.1. The summed E-state index contributed by atoms with van der Waals surface area (Å²) in [5.74, 6) is 0.514. The van der Waals surface area contributed by atoms with E-state index in [9.17, 15) is 0 Å². The van der Waals surface area contributed by atoms with Gasteiger partial charge in [0.05, 0.1) is 0 Å². The molecular weight excluding hydrogens is 324 g/mol. The first-order valence-corrected chi connectivity index (χ1v) is 10.4. The molecule has 2 aromatic rings. The van der Waals surface area contributed by atoms with Crippen molar-refractivity contribution in [2.45, 2.75) is 97.8 Å². The Morgan fingerprint density at radius 2 is 1.11 bits per heavy atom. The highest BCUT2D eigenvalue weighted by molar-refractivity contribution is 5.40. The summed E-state index contributed by atoms with van der Waals surface area (Å²) in [6.07, 6.45) is 1.09. The van der Waals surface area contributed by atoms with Crippen LogP contribution >= 0.6 is 0 Å². The van der Waals surface area contributed by atoms with Gasteiger partial charge in [0.25, 0.3) is 0 Å². The smallest absolute Gasteiger partial charge is 0.0129 e. The molecule has 1 atom stereocenters. The highest BCUT2D eigenvalue weighted by atomic mass is 14.3. The summed E-state index contributed by atoms with van der Waals surface area (Å²) in [4.78, 5) is 0. The van der Waals surface area contributed by atoms with Crippen molar-refractivity contribution >= 4 is 0 Å². The van der Waals surface area contributed by atoms with Crippen LogP contribution < -0.4 is 0 Å². The molecule has 0 aliphatic carbocycles. The van der Waals surface area contributed by atoms with Crippen molar-refractivity contribution in [2.75, 3.05) is 0 Å². The third kappa shape index (κ3) is 5.47. The maximum Gasteiger partial charge on any atom is -0.0129 e. The van der Waals surface area contributed by atoms with Gasteiger partial charge in [-0.15, -0.1) is 0 Å². The van der Waals surface area contributed by atoms with Gasteiger partial charge in [-0.2, -0.15) is 0 Å². The fraction of sp³-hybridized carbons (Fsp3) is 0.556. The molecule has 0 aliphatic rings. The van der Waals surface area contributed by atoms with E-state index in [1.54, 1.807) is 0 Å². The second-order valence-electron chi connectivity index (χ2n) is 11.3. The second-order valence-corrected chi connectivity index (χ2v) is 11.3. The van der Waals surface area contributed by atoms with E-state index >= 15 is 0 Å². The van der Waals surface area contributed by atoms with Gasteiger partial charge in [0.2, 0.25) is 0 Å². The maximum atomic E-state index is 2.45. The Bertz CT molecular complexity index is 756. The van der Waals surface area contributed by atoms with Gasteiger partial charge >= 0.3 is 0 Å². The van der Waals surface area contributed by atoms with E-state index in [2.05, 4.69) is 112 Å². The average molecular weight is 365 g/mol. The lowest BCUT2D eigenvalue weighted by Gasteiger charge is -2.28. The molecule has 0 N–H and O–H groups in total. The molecule has 0 fully saturated rings. The third-order valence-corrected chi connectivity index (χ3v) is 5.66. The van der Waals surface area contributed by atoms with Crippen LogP contribution in [0.2, 0.25) is 0 Å². The lowest BCUT2D eigenvalue weighted by Crippen LogP contribution is -2.19. The van der Waals surface area contributed by atoms with Crippen molar-refractivity contribution in [1.29, 1.82) is 0 Å². The summed E-state index contributed by atoms with van der Waals surface area (Å²) < 4.78 is 0. The minimum Gasteiger partial charge on any atom is -0.0585 e. The van der Waals surface area contributed by atoms with E-state index in [1.165, 1.54) is 27.8 Å². The molecule has 27 heavy (non-hydrogen) atoms. The Morgan fingerprint density at radius 1 is 0.630 bits per heavy atom. The largest absolute Gasteiger partial charge is 0.0585 e. The Morgan fingerprint density at radius 3 is 1.56 bits per heavy atom. The molecule has 0 nitrogen and oxygen atoms in total. The molecular formula is C27H40. The standard InChI is InChI=1S/C27H40/c1-19(20-11-14-22(15-12-20)25(2,3)4)17-21-13-16-23(26(5,6)7)18-24(21)27(8,9)10/h11-16,18-19H,17H2,1-10H3. The number of rotatable bonds is 3. The summed E-state index contributed by atoms with van der Waals surface area (Å²) in [5, 5.41) is 0. The van der Waals surface area contributed by atoms with Gasteiger partial charge in [0.15, 0.2) is 0 Å². The molecule has 0 aliphatic heterocycles. The van der Waals surface area contributed by atoms with E-state index in [1.807, 2.05) is 0 Å². The Balaban J connectivity index is 2.33. The van der Waals surface area contributed by atoms with Crippen LogP contribution in [-0.4, -0.2) is 0 Å². The van der Waals surface area contributed by atoms with Crippen LogP contribution in [0.5, 0.6) is 0 Å². The van der Waals surface area contributed by atoms with Gasteiger partial charge < -0.3 is 0 Å². The molecule has 2 rings (SSSR count). The molecule has 1 unspecified atom stereocenters. The quantitative estimate of drug-likeness (QED) is 0.518.